The Morgan fingerprint density at radius 2 is 2.31 bits per heavy atom. The van der Waals surface area contributed by atoms with Crippen LogP contribution in [0.5, 0.6) is 0 Å². The minimum Gasteiger partial charge on any atom is -0.462 e. The highest BCUT2D eigenvalue weighted by Gasteiger charge is 2.31. The molecule has 1 rings (SSSR count). The fraction of sp³-hybridized carbons (Fsp3) is 0.600. The van der Waals surface area contributed by atoms with E-state index in [2.05, 4.69) is 4.99 Å². The molecule has 3 nitrogen and oxygen atoms in total. The van der Waals surface area contributed by atoms with Crippen molar-refractivity contribution in [2.24, 2.45) is 10.4 Å². The number of carbonyl (C=O) groups excluding carboxylic acids is 1. The van der Waals surface area contributed by atoms with Gasteiger partial charge < -0.3 is 4.74 Å². The van der Waals surface area contributed by atoms with E-state index in [1.54, 1.807) is 13.1 Å². The number of hydrogen-bond donors (Lipinski definition) is 0. The lowest BCUT2D eigenvalue weighted by atomic mass is 9.90. The Morgan fingerprint density at radius 1 is 1.62 bits per heavy atom. The van der Waals surface area contributed by atoms with Crippen LogP contribution in [-0.2, 0) is 9.53 Å². The number of dihydropyridines is 1. The maximum absolute atomic E-state index is 11.6. The van der Waals surface area contributed by atoms with Gasteiger partial charge in [-0.05, 0) is 20.8 Å². The summed E-state index contributed by atoms with van der Waals surface area (Å²) in [6.07, 6.45) is 5.29. The van der Waals surface area contributed by atoms with E-state index < -0.39 is 5.41 Å². The first kappa shape index (κ1) is 9.96. The Labute approximate surface area is 78.5 Å². The van der Waals surface area contributed by atoms with Crippen LogP contribution in [0.4, 0.5) is 0 Å². The maximum atomic E-state index is 11.6. The SMILES string of the molecule is CC(C)OC(=O)C1(C)C=CCN=C1. The molecular weight excluding hydrogens is 166 g/mol. The van der Waals surface area contributed by atoms with Gasteiger partial charge in [-0.25, -0.2) is 0 Å². The average molecular weight is 181 g/mol. The molecule has 1 unspecified atom stereocenters. The topological polar surface area (TPSA) is 38.7 Å². The number of ether oxygens (including phenoxy) is 1. The summed E-state index contributed by atoms with van der Waals surface area (Å²) >= 11 is 0. The van der Waals surface area contributed by atoms with Crippen LogP contribution in [0.25, 0.3) is 0 Å². The van der Waals surface area contributed by atoms with Gasteiger partial charge in [0.25, 0.3) is 0 Å². The fourth-order valence-electron chi connectivity index (χ4n) is 1.11. The van der Waals surface area contributed by atoms with Crippen LogP contribution in [-0.4, -0.2) is 24.8 Å². The van der Waals surface area contributed by atoms with Gasteiger partial charge in [0.15, 0.2) is 0 Å². The molecule has 0 aromatic carbocycles. The molecule has 0 aromatic heterocycles. The molecule has 0 aliphatic carbocycles. The van der Waals surface area contributed by atoms with Crippen LogP contribution in [0.1, 0.15) is 20.8 Å². The third kappa shape index (κ3) is 2.41. The van der Waals surface area contributed by atoms with Crippen molar-refractivity contribution in [2.45, 2.75) is 26.9 Å². The lowest BCUT2D eigenvalue weighted by molar-refractivity contribution is -0.152. The number of rotatable bonds is 2. The first-order valence-electron chi connectivity index (χ1n) is 4.44. The summed E-state index contributed by atoms with van der Waals surface area (Å²) in [5.41, 5.74) is -0.664. The highest BCUT2D eigenvalue weighted by molar-refractivity contribution is 5.97. The van der Waals surface area contributed by atoms with Gasteiger partial charge in [-0.3, -0.25) is 9.79 Å². The zero-order valence-corrected chi connectivity index (χ0v) is 8.28. The average Bonchev–Trinajstić information content (AvgIpc) is 2.04. The van der Waals surface area contributed by atoms with Crippen LogP contribution in [0.15, 0.2) is 17.1 Å². The second-order valence-electron chi connectivity index (χ2n) is 3.63. The van der Waals surface area contributed by atoms with Crippen molar-refractivity contribution in [3.8, 4) is 0 Å². The zero-order chi connectivity index (χ0) is 9.90. The van der Waals surface area contributed by atoms with Crippen molar-refractivity contribution >= 4 is 12.2 Å². The summed E-state index contributed by atoms with van der Waals surface area (Å²) in [7, 11) is 0. The highest BCUT2D eigenvalue weighted by atomic mass is 16.5. The van der Waals surface area contributed by atoms with Crippen molar-refractivity contribution in [1.82, 2.24) is 0 Å². The molecule has 1 heterocycles. The first-order valence-corrected chi connectivity index (χ1v) is 4.44. The van der Waals surface area contributed by atoms with Gasteiger partial charge in [0.1, 0.15) is 5.41 Å². The molecule has 72 valence electrons. The Hall–Kier alpha value is -1.12. The Kier molecular flexibility index (Phi) is 2.86. The van der Waals surface area contributed by atoms with E-state index in [0.717, 1.165) is 0 Å². The lowest BCUT2D eigenvalue weighted by Gasteiger charge is -2.22. The molecule has 13 heavy (non-hydrogen) atoms. The molecule has 0 aromatic rings. The molecule has 0 saturated heterocycles. The maximum Gasteiger partial charge on any atom is 0.321 e. The molecule has 0 bridgehead atoms. The van der Waals surface area contributed by atoms with Crippen molar-refractivity contribution in [3.05, 3.63) is 12.2 Å². The third-order valence-electron chi connectivity index (χ3n) is 1.82. The monoisotopic (exact) mass is 181 g/mol. The van der Waals surface area contributed by atoms with E-state index >= 15 is 0 Å². The molecule has 0 spiro atoms. The van der Waals surface area contributed by atoms with Crippen molar-refractivity contribution in [2.75, 3.05) is 6.54 Å². The Balaban J connectivity index is 2.68. The van der Waals surface area contributed by atoms with E-state index in [9.17, 15) is 4.79 Å². The van der Waals surface area contributed by atoms with Crippen LogP contribution < -0.4 is 0 Å². The predicted octanol–water partition coefficient (Wildman–Crippen LogP) is 1.58. The van der Waals surface area contributed by atoms with Gasteiger partial charge in [-0.15, -0.1) is 0 Å². The second-order valence-corrected chi connectivity index (χ2v) is 3.63. The molecule has 0 N–H and O–H groups in total. The van der Waals surface area contributed by atoms with E-state index in [1.165, 1.54) is 0 Å². The number of aliphatic imine (C=N–C) groups is 1. The smallest absolute Gasteiger partial charge is 0.321 e. The normalized spacial score (nSPS) is 26.5. The minimum absolute atomic E-state index is 0.0759. The number of carbonyl (C=O) groups is 1. The molecule has 1 aliphatic heterocycles. The zero-order valence-electron chi connectivity index (χ0n) is 8.28. The second kappa shape index (κ2) is 3.73. The van der Waals surface area contributed by atoms with Crippen LogP contribution in [0.2, 0.25) is 0 Å². The largest absolute Gasteiger partial charge is 0.462 e. The van der Waals surface area contributed by atoms with Crippen molar-refractivity contribution in [1.29, 1.82) is 0 Å². The molecule has 1 aliphatic rings. The molecule has 0 amide bonds. The molecule has 0 fully saturated rings. The number of nitrogens with zero attached hydrogens (tertiary/aromatic N) is 1. The van der Waals surface area contributed by atoms with E-state index in [0.29, 0.717) is 6.54 Å². The summed E-state index contributed by atoms with van der Waals surface area (Å²) in [5, 5.41) is 0. The highest BCUT2D eigenvalue weighted by Crippen LogP contribution is 2.21. The summed E-state index contributed by atoms with van der Waals surface area (Å²) < 4.78 is 5.11. The lowest BCUT2D eigenvalue weighted by Crippen LogP contribution is -2.32. The van der Waals surface area contributed by atoms with E-state index in [-0.39, 0.29) is 12.1 Å². The number of hydrogen-bond acceptors (Lipinski definition) is 3. The molecular formula is C10H15NO2. The molecule has 0 saturated carbocycles. The van der Waals surface area contributed by atoms with E-state index in [4.69, 9.17) is 4.74 Å². The fourth-order valence-corrected chi connectivity index (χ4v) is 1.11. The summed E-state index contributed by atoms with van der Waals surface area (Å²) in [5.74, 6) is -0.234. The van der Waals surface area contributed by atoms with Gasteiger partial charge in [-0.1, -0.05) is 12.2 Å². The third-order valence-corrected chi connectivity index (χ3v) is 1.82. The molecule has 1 atom stereocenters. The summed E-state index contributed by atoms with van der Waals surface area (Å²) in [6.45, 7) is 6.14. The summed E-state index contributed by atoms with van der Waals surface area (Å²) in [6, 6.07) is 0. The van der Waals surface area contributed by atoms with Gasteiger partial charge >= 0.3 is 5.97 Å². The Bertz CT molecular complexity index is 242. The quantitative estimate of drug-likeness (QED) is 0.479. The first-order chi connectivity index (χ1) is 6.04. The van der Waals surface area contributed by atoms with Crippen LogP contribution >= 0.6 is 0 Å². The molecule has 3 heteroatoms. The van der Waals surface area contributed by atoms with Crippen LogP contribution in [0, 0.1) is 5.41 Å². The van der Waals surface area contributed by atoms with Gasteiger partial charge in [-0.2, -0.15) is 0 Å². The molecule has 0 radical (unpaired) electrons. The van der Waals surface area contributed by atoms with E-state index in [1.807, 2.05) is 26.0 Å². The minimum atomic E-state index is -0.664. The van der Waals surface area contributed by atoms with Gasteiger partial charge in [0.05, 0.1) is 12.6 Å². The van der Waals surface area contributed by atoms with Crippen molar-refractivity contribution < 1.29 is 9.53 Å². The number of esters is 1. The van der Waals surface area contributed by atoms with Crippen molar-refractivity contribution in [3.63, 3.8) is 0 Å². The standard InChI is InChI=1S/C10H15NO2/c1-8(2)13-9(12)10(3)5-4-6-11-7-10/h4-5,7-8H,6H2,1-3H3. The van der Waals surface area contributed by atoms with Crippen LogP contribution in [0.3, 0.4) is 0 Å². The predicted molar refractivity (Wildman–Crippen MR) is 51.8 cm³/mol. The van der Waals surface area contributed by atoms with Gasteiger partial charge in [0.2, 0.25) is 0 Å². The Morgan fingerprint density at radius 3 is 2.77 bits per heavy atom. The van der Waals surface area contributed by atoms with Gasteiger partial charge in [0, 0.05) is 6.21 Å². The summed E-state index contributed by atoms with van der Waals surface area (Å²) in [4.78, 5) is 15.6.